The van der Waals surface area contributed by atoms with E-state index in [9.17, 15) is 8.42 Å². The van der Waals surface area contributed by atoms with Crippen LogP contribution in [0.3, 0.4) is 0 Å². The smallest absolute Gasteiger partial charge is 0.264 e. The average Bonchev–Trinajstić information content (AvgIpc) is 1.78. The zero-order chi connectivity index (χ0) is 8.04. The van der Waals surface area contributed by atoms with Crippen molar-refractivity contribution >= 4 is 10.1 Å². The van der Waals surface area contributed by atoms with Crippen molar-refractivity contribution in [2.24, 2.45) is 0 Å². The lowest BCUT2D eigenvalue weighted by atomic mass is 10.3. The van der Waals surface area contributed by atoms with E-state index in [4.69, 9.17) is 9.66 Å². The second-order valence-electron chi connectivity index (χ2n) is 2.07. The summed E-state index contributed by atoms with van der Waals surface area (Å²) in [6.45, 7) is 0.0749. The maximum absolute atomic E-state index is 10.1. The molecular formula is C5H12O4S. The summed E-state index contributed by atoms with van der Waals surface area (Å²) >= 11 is 0. The van der Waals surface area contributed by atoms with Gasteiger partial charge in [-0.05, 0) is 12.8 Å². The molecule has 0 spiro atoms. The van der Waals surface area contributed by atoms with E-state index in [1.54, 1.807) is 0 Å². The minimum absolute atomic E-state index is 0.0749. The Labute approximate surface area is 60.6 Å². The zero-order valence-electron chi connectivity index (χ0n) is 5.65. The molecule has 4 nitrogen and oxygen atoms in total. The molecule has 0 rings (SSSR count). The summed E-state index contributed by atoms with van der Waals surface area (Å²) in [7, 11) is -3.79. The fourth-order valence-electron chi connectivity index (χ4n) is 0.573. The average molecular weight is 168 g/mol. The molecule has 5 heteroatoms. The lowest BCUT2D eigenvalue weighted by molar-refractivity contribution is 0.284. The van der Waals surface area contributed by atoms with Crippen molar-refractivity contribution < 1.29 is 18.1 Å². The van der Waals surface area contributed by atoms with E-state index in [0.29, 0.717) is 19.3 Å². The molecule has 0 amide bonds. The van der Waals surface area contributed by atoms with Gasteiger partial charge < -0.3 is 5.11 Å². The number of unbranched alkanes of at least 4 members (excludes halogenated alkanes) is 2. The van der Waals surface area contributed by atoms with Crippen LogP contribution in [0.25, 0.3) is 0 Å². The molecule has 0 saturated carbocycles. The SMILES string of the molecule is O=S(=O)(O)CCCCCO. The van der Waals surface area contributed by atoms with Crippen molar-refractivity contribution in [1.82, 2.24) is 0 Å². The van der Waals surface area contributed by atoms with Crippen LogP contribution >= 0.6 is 0 Å². The predicted molar refractivity (Wildman–Crippen MR) is 37.4 cm³/mol. The van der Waals surface area contributed by atoms with E-state index in [1.165, 1.54) is 0 Å². The Hall–Kier alpha value is -0.130. The van der Waals surface area contributed by atoms with Gasteiger partial charge in [0.25, 0.3) is 10.1 Å². The van der Waals surface area contributed by atoms with Gasteiger partial charge in [-0.15, -0.1) is 0 Å². The Morgan fingerprint density at radius 2 is 1.70 bits per heavy atom. The first-order valence-electron chi connectivity index (χ1n) is 3.12. The molecule has 0 heterocycles. The largest absolute Gasteiger partial charge is 0.396 e. The second-order valence-corrected chi connectivity index (χ2v) is 3.64. The third kappa shape index (κ3) is 7.87. The summed E-state index contributed by atoms with van der Waals surface area (Å²) < 4.78 is 28.4. The molecule has 0 saturated heterocycles. The van der Waals surface area contributed by atoms with Crippen LogP contribution in [0.2, 0.25) is 0 Å². The Kier molecular flexibility index (Phi) is 4.59. The first kappa shape index (κ1) is 9.87. The lowest BCUT2D eigenvalue weighted by Gasteiger charge is -1.94. The van der Waals surface area contributed by atoms with Crippen molar-refractivity contribution in [2.45, 2.75) is 19.3 Å². The molecule has 0 radical (unpaired) electrons. The van der Waals surface area contributed by atoms with E-state index in [2.05, 4.69) is 0 Å². The lowest BCUT2D eigenvalue weighted by Crippen LogP contribution is -2.03. The van der Waals surface area contributed by atoms with Gasteiger partial charge in [0.15, 0.2) is 0 Å². The van der Waals surface area contributed by atoms with Crippen LogP contribution in [0.4, 0.5) is 0 Å². The van der Waals surface area contributed by atoms with Crippen molar-refractivity contribution in [3.63, 3.8) is 0 Å². The Bertz CT molecular complexity index is 160. The highest BCUT2D eigenvalue weighted by atomic mass is 32.2. The highest BCUT2D eigenvalue weighted by Gasteiger charge is 2.01. The highest BCUT2D eigenvalue weighted by molar-refractivity contribution is 7.85. The van der Waals surface area contributed by atoms with Crippen molar-refractivity contribution in [1.29, 1.82) is 0 Å². The van der Waals surface area contributed by atoms with E-state index >= 15 is 0 Å². The van der Waals surface area contributed by atoms with Gasteiger partial charge in [0.1, 0.15) is 0 Å². The van der Waals surface area contributed by atoms with Crippen LogP contribution in [0, 0.1) is 0 Å². The molecule has 10 heavy (non-hydrogen) atoms. The van der Waals surface area contributed by atoms with Crippen molar-refractivity contribution in [3.05, 3.63) is 0 Å². The van der Waals surface area contributed by atoms with Crippen LogP contribution in [-0.4, -0.2) is 30.4 Å². The fourth-order valence-corrected chi connectivity index (χ4v) is 1.14. The van der Waals surface area contributed by atoms with E-state index in [-0.39, 0.29) is 12.4 Å². The van der Waals surface area contributed by atoms with Crippen molar-refractivity contribution in [3.8, 4) is 0 Å². The summed E-state index contributed by atoms with van der Waals surface area (Å²) in [6, 6.07) is 0. The molecule has 0 atom stereocenters. The topological polar surface area (TPSA) is 74.6 Å². The molecule has 2 N–H and O–H groups in total. The molecule has 0 aromatic heterocycles. The number of rotatable bonds is 5. The molecule has 0 aliphatic heterocycles. The molecule has 0 aromatic carbocycles. The molecule has 0 fully saturated rings. The maximum Gasteiger partial charge on any atom is 0.264 e. The van der Waals surface area contributed by atoms with Gasteiger partial charge in [-0.3, -0.25) is 4.55 Å². The Morgan fingerprint density at radius 3 is 2.10 bits per heavy atom. The van der Waals surface area contributed by atoms with Crippen LogP contribution in [-0.2, 0) is 10.1 Å². The van der Waals surface area contributed by atoms with Gasteiger partial charge >= 0.3 is 0 Å². The molecule has 62 valence electrons. The van der Waals surface area contributed by atoms with Gasteiger partial charge in [-0.1, -0.05) is 6.42 Å². The standard InChI is InChI=1S/C5H12O4S/c6-4-2-1-3-5-10(7,8)9/h6H,1-5H2,(H,7,8,9). The Balaban J connectivity index is 3.21. The molecule has 0 aliphatic carbocycles. The third-order valence-electron chi connectivity index (χ3n) is 1.06. The summed E-state index contributed by atoms with van der Waals surface area (Å²) in [4.78, 5) is 0. The van der Waals surface area contributed by atoms with Crippen molar-refractivity contribution in [2.75, 3.05) is 12.4 Å². The number of hydrogen-bond donors (Lipinski definition) is 2. The minimum Gasteiger partial charge on any atom is -0.396 e. The van der Waals surface area contributed by atoms with Gasteiger partial charge in [0, 0.05) is 6.61 Å². The predicted octanol–water partition coefficient (Wildman–Crippen LogP) is 0.0368. The Morgan fingerprint density at radius 1 is 1.10 bits per heavy atom. The normalized spacial score (nSPS) is 11.8. The van der Waals surface area contributed by atoms with Crippen LogP contribution < -0.4 is 0 Å². The second kappa shape index (κ2) is 4.65. The zero-order valence-corrected chi connectivity index (χ0v) is 6.47. The fraction of sp³-hybridized carbons (Fsp3) is 1.00. The monoisotopic (exact) mass is 168 g/mol. The minimum atomic E-state index is -3.79. The summed E-state index contributed by atoms with van der Waals surface area (Å²) in [5.41, 5.74) is 0. The van der Waals surface area contributed by atoms with E-state index < -0.39 is 10.1 Å². The first-order chi connectivity index (χ1) is 4.56. The van der Waals surface area contributed by atoms with Crippen LogP contribution in [0.5, 0.6) is 0 Å². The van der Waals surface area contributed by atoms with Gasteiger partial charge in [-0.25, -0.2) is 0 Å². The molecule has 0 aliphatic rings. The number of hydrogen-bond acceptors (Lipinski definition) is 3. The summed E-state index contributed by atoms with van der Waals surface area (Å²) in [5.74, 6) is -0.201. The van der Waals surface area contributed by atoms with E-state index in [0.717, 1.165) is 0 Å². The maximum atomic E-state index is 10.1. The molecule has 0 aromatic rings. The number of aliphatic hydroxyl groups excluding tert-OH is 1. The number of aliphatic hydroxyl groups is 1. The third-order valence-corrected chi connectivity index (χ3v) is 1.86. The highest BCUT2D eigenvalue weighted by Crippen LogP contribution is 1.96. The first-order valence-corrected chi connectivity index (χ1v) is 4.73. The quantitative estimate of drug-likeness (QED) is 0.449. The molecule has 0 unspecified atom stereocenters. The van der Waals surface area contributed by atoms with E-state index in [1.807, 2.05) is 0 Å². The summed E-state index contributed by atoms with van der Waals surface area (Å²) in [6.07, 6.45) is 1.64. The van der Waals surface area contributed by atoms with Gasteiger partial charge in [0.2, 0.25) is 0 Å². The molecule has 0 bridgehead atoms. The molecular weight excluding hydrogens is 156 g/mol. The van der Waals surface area contributed by atoms with Gasteiger partial charge in [-0.2, -0.15) is 8.42 Å². The van der Waals surface area contributed by atoms with Gasteiger partial charge in [0.05, 0.1) is 5.75 Å². The van der Waals surface area contributed by atoms with Crippen LogP contribution in [0.15, 0.2) is 0 Å². The van der Waals surface area contributed by atoms with Crippen LogP contribution in [0.1, 0.15) is 19.3 Å². The summed E-state index contributed by atoms with van der Waals surface area (Å²) in [5, 5.41) is 8.28.